The zero-order valence-electron chi connectivity index (χ0n) is 17.2. The van der Waals surface area contributed by atoms with Crippen LogP contribution in [0.2, 0.25) is 5.02 Å². The van der Waals surface area contributed by atoms with Gasteiger partial charge in [0.05, 0.1) is 21.6 Å². The Kier molecular flexibility index (Phi) is 6.25. The van der Waals surface area contributed by atoms with Crippen molar-refractivity contribution < 1.29 is 22.7 Å². The summed E-state index contributed by atoms with van der Waals surface area (Å²) in [5.74, 6) is 1.01. The number of para-hydroxylation sites is 1. The first-order chi connectivity index (χ1) is 15.3. The van der Waals surface area contributed by atoms with Crippen molar-refractivity contribution in [3.63, 3.8) is 0 Å². The van der Waals surface area contributed by atoms with Gasteiger partial charge in [-0.1, -0.05) is 29.8 Å². The molecule has 3 aromatic carbocycles. The van der Waals surface area contributed by atoms with Gasteiger partial charge in [-0.15, -0.1) is 0 Å². The Morgan fingerprint density at radius 1 is 0.969 bits per heavy atom. The van der Waals surface area contributed by atoms with Gasteiger partial charge in [0, 0.05) is 5.56 Å². The van der Waals surface area contributed by atoms with Gasteiger partial charge >= 0.3 is 0 Å². The van der Waals surface area contributed by atoms with Crippen LogP contribution in [0.3, 0.4) is 0 Å². The summed E-state index contributed by atoms with van der Waals surface area (Å²) in [5, 5.41) is 3.20. The van der Waals surface area contributed by atoms with Gasteiger partial charge in [0.1, 0.15) is 13.2 Å². The molecule has 32 heavy (non-hydrogen) atoms. The van der Waals surface area contributed by atoms with Gasteiger partial charge < -0.3 is 14.8 Å². The fourth-order valence-corrected chi connectivity index (χ4v) is 4.54. The predicted octanol–water partition coefficient (Wildman–Crippen LogP) is 4.40. The smallest absolute Gasteiger partial charge is 0.261 e. The van der Waals surface area contributed by atoms with Crippen LogP contribution in [0.4, 0.5) is 5.69 Å². The van der Waals surface area contributed by atoms with Crippen LogP contribution >= 0.6 is 11.6 Å². The Morgan fingerprint density at radius 3 is 2.38 bits per heavy atom. The molecule has 1 unspecified atom stereocenters. The van der Waals surface area contributed by atoms with Crippen LogP contribution < -0.4 is 19.5 Å². The van der Waals surface area contributed by atoms with Gasteiger partial charge in [-0.25, -0.2) is 8.42 Å². The highest BCUT2D eigenvalue weighted by atomic mass is 35.5. The third-order valence-electron chi connectivity index (χ3n) is 4.96. The summed E-state index contributed by atoms with van der Waals surface area (Å²) in [6.07, 6.45) is 0. The number of sulfonamides is 1. The maximum atomic E-state index is 12.7. The third-order valence-corrected chi connectivity index (χ3v) is 6.67. The number of ether oxygens (including phenoxy) is 2. The standard InChI is InChI=1S/C23H21ClN2O5S/c1-15(17-8-11-21-22(14-17)31-13-12-30-21)25-23(27)16-6-9-18(10-7-16)32(28,29)26-20-5-3-2-4-19(20)24/h2-11,14-15,26H,12-13H2,1H3,(H,25,27). The second-order valence-electron chi connectivity index (χ2n) is 7.21. The van der Waals surface area contributed by atoms with Crippen LogP contribution in [0.15, 0.2) is 71.6 Å². The number of amides is 1. The SMILES string of the molecule is CC(NC(=O)c1ccc(S(=O)(=O)Nc2ccccc2Cl)cc1)c1ccc2c(c1)OCCO2. The molecule has 7 nitrogen and oxygen atoms in total. The Balaban J connectivity index is 1.44. The largest absolute Gasteiger partial charge is 0.486 e. The van der Waals surface area contributed by atoms with Crippen LogP contribution in [-0.2, 0) is 10.0 Å². The van der Waals surface area contributed by atoms with E-state index in [1.165, 1.54) is 24.3 Å². The highest BCUT2D eigenvalue weighted by Gasteiger charge is 2.19. The van der Waals surface area contributed by atoms with Gasteiger partial charge in [-0.2, -0.15) is 0 Å². The Labute approximate surface area is 191 Å². The molecule has 0 aromatic heterocycles. The van der Waals surface area contributed by atoms with Crippen molar-refractivity contribution in [3.8, 4) is 11.5 Å². The molecule has 0 bridgehead atoms. The lowest BCUT2D eigenvalue weighted by molar-refractivity contribution is 0.0939. The molecule has 1 aliphatic rings. The Morgan fingerprint density at radius 2 is 1.66 bits per heavy atom. The summed E-state index contributed by atoms with van der Waals surface area (Å²) >= 11 is 6.03. The molecular weight excluding hydrogens is 452 g/mol. The first kappa shape index (κ1) is 22.0. The minimum atomic E-state index is -3.85. The molecule has 1 aliphatic heterocycles. The molecule has 3 aromatic rings. The van der Waals surface area contributed by atoms with E-state index in [1.54, 1.807) is 24.3 Å². The van der Waals surface area contributed by atoms with Crippen molar-refractivity contribution in [2.45, 2.75) is 17.9 Å². The summed E-state index contributed by atoms with van der Waals surface area (Å²) < 4.78 is 38.8. The van der Waals surface area contributed by atoms with E-state index in [1.807, 2.05) is 25.1 Å². The molecule has 0 saturated heterocycles. The highest BCUT2D eigenvalue weighted by Crippen LogP contribution is 2.32. The number of fused-ring (bicyclic) bond motifs is 1. The molecule has 1 amide bonds. The molecule has 9 heteroatoms. The molecular formula is C23H21ClN2O5S. The number of hydrogen-bond acceptors (Lipinski definition) is 5. The number of carbonyl (C=O) groups is 1. The van der Waals surface area contributed by atoms with Crippen molar-refractivity contribution in [1.29, 1.82) is 0 Å². The lowest BCUT2D eigenvalue weighted by Gasteiger charge is -2.21. The maximum Gasteiger partial charge on any atom is 0.261 e. The van der Waals surface area contributed by atoms with E-state index in [4.69, 9.17) is 21.1 Å². The fourth-order valence-electron chi connectivity index (χ4n) is 3.23. The van der Waals surface area contributed by atoms with Gasteiger partial charge in [0.25, 0.3) is 15.9 Å². The molecule has 0 radical (unpaired) electrons. The first-order valence-corrected chi connectivity index (χ1v) is 11.8. The minimum absolute atomic E-state index is 0.0221. The molecule has 166 valence electrons. The van der Waals surface area contributed by atoms with Crippen molar-refractivity contribution in [2.75, 3.05) is 17.9 Å². The summed E-state index contributed by atoms with van der Waals surface area (Å²) in [6.45, 7) is 2.85. The monoisotopic (exact) mass is 472 g/mol. The molecule has 1 atom stereocenters. The molecule has 0 aliphatic carbocycles. The van der Waals surface area contributed by atoms with Crippen molar-refractivity contribution in [1.82, 2.24) is 5.32 Å². The number of nitrogens with one attached hydrogen (secondary N) is 2. The summed E-state index contributed by atoms with van der Waals surface area (Å²) in [4.78, 5) is 12.7. The summed E-state index contributed by atoms with van der Waals surface area (Å²) in [5.41, 5.74) is 1.49. The number of halogens is 1. The Bertz CT molecular complexity index is 1250. The zero-order valence-corrected chi connectivity index (χ0v) is 18.7. The molecule has 0 spiro atoms. The van der Waals surface area contributed by atoms with Crippen LogP contribution in [-0.4, -0.2) is 27.5 Å². The second kappa shape index (κ2) is 9.10. The number of carbonyl (C=O) groups excluding carboxylic acids is 1. The molecule has 2 N–H and O–H groups in total. The average Bonchev–Trinajstić information content (AvgIpc) is 2.80. The molecule has 1 heterocycles. The minimum Gasteiger partial charge on any atom is -0.486 e. The molecule has 0 fully saturated rings. The molecule has 0 saturated carbocycles. The van der Waals surface area contributed by atoms with E-state index in [0.717, 1.165) is 5.56 Å². The number of hydrogen-bond donors (Lipinski definition) is 2. The van der Waals surface area contributed by atoms with Gasteiger partial charge in [0.15, 0.2) is 11.5 Å². The van der Waals surface area contributed by atoms with E-state index in [2.05, 4.69) is 10.0 Å². The van der Waals surface area contributed by atoms with Crippen molar-refractivity contribution in [3.05, 3.63) is 82.9 Å². The van der Waals surface area contributed by atoms with E-state index in [9.17, 15) is 13.2 Å². The third kappa shape index (κ3) is 4.81. The average molecular weight is 473 g/mol. The second-order valence-corrected chi connectivity index (χ2v) is 9.30. The van der Waals surface area contributed by atoms with Gasteiger partial charge in [0.2, 0.25) is 0 Å². The van der Waals surface area contributed by atoms with Gasteiger partial charge in [-0.05, 0) is 61.0 Å². The zero-order chi connectivity index (χ0) is 22.7. The van der Waals surface area contributed by atoms with E-state index < -0.39 is 10.0 Å². The van der Waals surface area contributed by atoms with Crippen LogP contribution in [0.5, 0.6) is 11.5 Å². The summed E-state index contributed by atoms with van der Waals surface area (Å²) in [6, 6.07) is 17.5. The molecule has 4 rings (SSSR count). The van der Waals surface area contributed by atoms with E-state index >= 15 is 0 Å². The van der Waals surface area contributed by atoms with Crippen LogP contribution in [0.25, 0.3) is 0 Å². The normalized spacial score (nSPS) is 13.8. The first-order valence-electron chi connectivity index (χ1n) is 9.91. The lowest BCUT2D eigenvalue weighted by Crippen LogP contribution is -2.27. The van der Waals surface area contributed by atoms with Crippen LogP contribution in [0.1, 0.15) is 28.9 Å². The predicted molar refractivity (Wildman–Crippen MR) is 122 cm³/mol. The van der Waals surface area contributed by atoms with Crippen molar-refractivity contribution in [2.24, 2.45) is 0 Å². The van der Waals surface area contributed by atoms with E-state index in [-0.39, 0.29) is 22.5 Å². The summed E-state index contributed by atoms with van der Waals surface area (Å²) in [7, 11) is -3.85. The van der Waals surface area contributed by atoms with Gasteiger partial charge in [-0.3, -0.25) is 9.52 Å². The number of anilines is 1. The van der Waals surface area contributed by atoms with Crippen LogP contribution in [0, 0.1) is 0 Å². The number of benzene rings is 3. The quantitative estimate of drug-likeness (QED) is 0.554. The van der Waals surface area contributed by atoms with Crippen molar-refractivity contribution >= 4 is 33.2 Å². The lowest BCUT2D eigenvalue weighted by atomic mass is 10.1. The topological polar surface area (TPSA) is 93.7 Å². The maximum absolute atomic E-state index is 12.7. The highest BCUT2D eigenvalue weighted by molar-refractivity contribution is 7.92. The number of rotatable bonds is 6. The Hall–Kier alpha value is -3.23. The fraction of sp³-hybridized carbons (Fsp3) is 0.174. The van der Waals surface area contributed by atoms with E-state index in [0.29, 0.717) is 35.3 Å².